The number of nitrogens with two attached hydrogens (primary N) is 1. The molecule has 3 aromatic rings. The average molecular weight is 363 g/mol. The van der Waals surface area contributed by atoms with Crippen molar-refractivity contribution in [2.45, 2.75) is 19.8 Å². The number of hydrogen-bond donors (Lipinski definition) is 4. The standard InChI is InChI=1S/C19H21N7O/c1-10-12(8-23-14-4-3-5-22-17(10)14)15-6-11-7-16(26-19(27)21-2)24-9-13(11)18(20)25-15/h6-9,22H,3-5H2,1-2H3,(H2,20,25)(H2,21,24,26,27). The van der Waals surface area contributed by atoms with Crippen LogP contribution in [0.2, 0.25) is 0 Å². The van der Waals surface area contributed by atoms with Crippen molar-refractivity contribution in [3.63, 3.8) is 0 Å². The minimum absolute atomic E-state index is 0.329. The minimum atomic E-state index is -0.329. The number of hydrogen-bond acceptors (Lipinski definition) is 6. The summed E-state index contributed by atoms with van der Waals surface area (Å²) in [4.78, 5) is 24.9. The third-order valence-electron chi connectivity index (χ3n) is 4.80. The number of rotatable bonds is 2. The van der Waals surface area contributed by atoms with Crippen molar-refractivity contribution in [2.24, 2.45) is 0 Å². The fourth-order valence-electron chi connectivity index (χ4n) is 3.37. The van der Waals surface area contributed by atoms with Gasteiger partial charge in [0.1, 0.15) is 11.6 Å². The lowest BCUT2D eigenvalue weighted by molar-refractivity contribution is 0.254. The molecule has 0 spiro atoms. The number of aromatic nitrogens is 3. The first-order valence-corrected chi connectivity index (χ1v) is 8.84. The molecule has 0 saturated carbocycles. The van der Waals surface area contributed by atoms with E-state index in [1.165, 1.54) is 0 Å². The van der Waals surface area contributed by atoms with E-state index in [9.17, 15) is 4.79 Å². The molecule has 5 N–H and O–H groups in total. The Labute approximate surface area is 156 Å². The fourth-order valence-corrected chi connectivity index (χ4v) is 3.37. The lowest BCUT2D eigenvalue weighted by Gasteiger charge is -2.21. The zero-order chi connectivity index (χ0) is 19.0. The number of carbonyl (C=O) groups is 1. The third kappa shape index (κ3) is 3.10. The summed E-state index contributed by atoms with van der Waals surface area (Å²) < 4.78 is 0. The average Bonchev–Trinajstić information content (AvgIpc) is 2.68. The Morgan fingerprint density at radius 3 is 2.93 bits per heavy atom. The molecule has 8 heteroatoms. The zero-order valence-corrected chi connectivity index (χ0v) is 15.3. The Morgan fingerprint density at radius 1 is 1.26 bits per heavy atom. The minimum Gasteiger partial charge on any atom is -0.383 e. The molecular formula is C19H21N7O. The maximum Gasteiger partial charge on any atom is 0.320 e. The number of fused-ring (bicyclic) bond motifs is 2. The van der Waals surface area contributed by atoms with Gasteiger partial charge in [-0.25, -0.2) is 14.8 Å². The fraction of sp³-hybridized carbons (Fsp3) is 0.263. The van der Waals surface area contributed by atoms with E-state index < -0.39 is 0 Å². The summed E-state index contributed by atoms with van der Waals surface area (Å²) in [6.07, 6.45) is 5.55. The first kappa shape index (κ1) is 17.0. The predicted octanol–water partition coefficient (Wildman–Crippen LogP) is 2.69. The first-order chi connectivity index (χ1) is 13.1. The highest BCUT2D eigenvalue weighted by Gasteiger charge is 2.17. The van der Waals surface area contributed by atoms with E-state index in [1.54, 1.807) is 19.3 Å². The number of nitrogens with zero attached hydrogens (tertiary/aromatic N) is 3. The van der Waals surface area contributed by atoms with E-state index in [-0.39, 0.29) is 6.03 Å². The highest BCUT2D eigenvalue weighted by molar-refractivity contribution is 5.97. The van der Waals surface area contributed by atoms with Gasteiger partial charge in [0, 0.05) is 36.9 Å². The SMILES string of the molecule is CNC(=O)Nc1cc2cc(-c3cnc4c(c3C)NCCC4)nc(N)c2cn1. The number of aryl methyl sites for hydroxylation is 1. The van der Waals surface area contributed by atoms with Gasteiger partial charge in [-0.3, -0.25) is 10.3 Å². The van der Waals surface area contributed by atoms with Gasteiger partial charge in [0.25, 0.3) is 0 Å². The van der Waals surface area contributed by atoms with Crippen LogP contribution in [-0.2, 0) is 6.42 Å². The van der Waals surface area contributed by atoms with E-state index >= 15 is 0 Å². The molecule has 2 amide bonds. The molecule has 0 aromatic carbocycles. The molecular weight excluding hydrogens is 342 g/mol. The summed E-state index contributed by atoms with van der Waals surface area (Å²) in [6.45, 7) is 3.02. The second-order valence-corrected chi connectivity index (χ2v) is 6.54. The van der Waals surface area contributed by atoms with Crippen LogP contribution in [0.5, 0.6) is 0 Å². The molecule has 27 heavy (non-hydrogen) atoms. The lowest BCUT2D eigenvalue weighted by Crippen LogP contribution is -2.24. The molecule has 0 fully saturated rings. The summed E-state index contributed by atoms with van der Waals surface area (Å²) in [7, 11) is 1.55. The molecule has 1 aliphatic rings. The van der Waals surface area contributed by atoms with Gasteiger partial charge in [0.2, 0.25) is 0 Å². The Balaban J connectivity index is 1.81. The molecule has 0 bridgehead atoms. The topological polar surface area (TPSA) is 118 Å². The summed E-state index contributed by atoms with van der Waals surface area (Å²) >= 11 is 0. The van der Waals surface area contributed by atoms with E-state index in [0.29, 0.717) is 11.6 Å². The van der Waals surface area contributed by atoms with Crippen LogP contribution in [0.1, 0.15) is 17.7 Å². The molecule has 4 rings (SSSR count). The Kier molecular flexibility index (Phi) is 4.23. The first-order valence-electron chi connectivity index (χ1n) is 8.84. The maximum absolute atomic E-state index is 11.5. The quantitative estimate of drug-likeness (QED) is 0.556. The summed E-state index contributed by atoms with van der Waals surface area (Å²) in [5, 5.41) is 10.2. The van der Waals surface area contributed by atoms with Crippen LogP contribution in [0, 0.1) is 6.92 Å². The number of pyridine rings is 3. The predicted molar refractivity (Wildman–Crippen MR) is 107 cm³/mol. The number of nitrogen functional groups attached to an aromatic ring is 1. The second-order valence-electron chi connectivity index (χ2n) is 6.54. The van der Waals surface area contributed by atoms with Gasteiger partial charge in [-0.05, 0) is 42.8 Å². The number of anilines is 3. The number of urea groups is 1. The Bertz CT molecular complexity index is 1050. The van der Waals surface area contributed by atoms with Crippen LogP contribution >= 0.6 is 0 Å². The Hall–Kier alpha value is -3.42. The van der Waals surface area contributed by atoms with E-state index in [1.807, 2.05) is 12.3 Å². The number of nitrogens with one attached hydrogen (secondary N) is 3. The van der Waals surface area contributed by atoms with Crippen molar-refractivity contribution in [1.82, 2.24) is 20.3 Å². The zero-order valence-electron chi connectivity index (χ0n) is 15.3. The highest BCUT2D eigenvalue weighted by Crippen LogP contribution is 2.34. The molecule has 1 aliphatic heterocycles. The van der Waals surface area contributed by atoms with Gasteiger partial charge >= 0.3 is 6.03 Å². The van der Waals surface area contributed by atoms with Gasteiger partial charge in [0.15, 0.2) is 0 Å². The molecule has 4 heterocycles. The number of amides is 2. The van der Waals surface area contributed by atoms with Gasteiger partial charge in [-0.2, -0.15) is 0 Å². The van der Waals surface area contributed by atoms with Crippen LogP contribution in [0.25, 0.3) is 22.0 Å². The summed E-state index contributed by atoms with van der Waals surface area (Å²) in [5.74, 6) is 0.840. The van der Waals surface area contributed by atoms with Crippen molar-refractivity contribution >= 4 is 34.1 Å². The van der Waals surface area contributed by atoms with Crippen LogP contribution in [0.4, 0.5) is 22.1 Å². The molecule has 3 aromatic heterocycles. The third-order valence-corrected chi connectivity index (χ3v) is 4.80. The molecule has 0 unspecified atom stereocenters. The van der Waals surface area contributed by atoms with E-state index in [0.717, 1.165) is 58.4 Å². The smallest absolute Gasteiger partial charge is 0.320 e. The highest BCUT2D eigenvalue weighted by atomic mass is 16.2. The molecule has 138 valence electrons. The van der Waals surface area contributed by atoms with Gasteiger partial charge in [-0.1, -0.05) is 0 Å². The number of carbonyl (C=O) groups excluding carboxylic acids is 1. The maximum atomic E-state index is 11.5. The molecule has 8 nitrogen and oxygen atoms in total. The van der Waals surface area contributed by atoms with Gasteiger partial charge in [0.05, 0.1) is 17.1 Å². The normalized spacial score (nSPS) is 13.0. The molecule has 0 saturated heterocycles. The van der Waals surface area contributed by atoms with Crippen LogP contribution in [-0.4, -0.2) is 34.6 Å². The Morgan fingerprint density at radius 2 is 2.11 bits per heavy atom. The largest absolute Gasteiger partial charge is 0.383 e. The van der Waals surface area contributed by atoms with Gasteiger partial charge in [-0.15, -0.1) is 0 Å². The van der Waals surface area contributed by atoms with Crippen molar-refractivity contribution < 1.29 is 4.79 Å². The van der Waals surface area contributed by atoms with Gasteiger partial charge < -0.3 is 16.4 Å². The monoisotopic (exact) mass is 363 g/mol. The van der Waals surface area contributed by atoms with E-state index in [4.69, 9.17) is 5.73 Å². The molecule has 0 atom stereocenters. The molecule has 0 aliphatic carbocycles. The van der Waals surface area contributed by atoms with Crippen LogP contribution in [0.15, 0.2) is 24.5 Å². The second kappa shape index (κ2) is 6.71. The lowest BCUT2D eigenvalue weighted by atomic mass is 9.99. The van der Waals surface area contributed by atoms with Crippen LogP contribution < -0.4 is 21.7 Å². The van der Waals surface area contributed by atoms with Crippen molar-refractivity contribution in [2.75, 3.05) is 30.0 Å². The van der Waals surface area contributed by atoms with Crippen molar-refractivity contribution in [3.8, 4) is 11.3 Å². The summed E-state index contributed by atoms with van der Waals surface area (Å²) in [6, 6.07) is 3.40. The molecule has 0 radical (unpaired) electrons. The van der Waals surface area contributed by atoms with E-state index in [2.05, 4.69) is 37.8 Å². The van der Waals surface area contributed by atoms with Crippen molar-refractivity contribution in [1.29, 1.82) is 0 Å². The summed E-state index contributed by atoms with van der Waals surface area (Å²) in [5.41, 5.74) is 11.2. The van der Waals surface area contributed by atoms with Crippen LogP contribution in [0.3, 0.4) is 0 Å². The van der Waals surface area contributed by atoms with Crippen molar-refractivity contribution in [3.05, 3.63) is 35.8 Å².